The van der Waals surface area contributed by atoms with Crippen LogP contribution in [0.2, 0.25) is 0 Å². The molecule has 1 saturated carbocycles. The molecule has 0 radical (unpaired) electrons. The summed E-state index contributed by atoms with van der Waals surface area (Å²) < 4.78 is 5.33. The van der Waals surface area contributed by atoms with Gasteiger partial charge in [0.2, 0.25) is 11.9 Å². The molecule has 7 nitrogen and oxygen atoms in total. The lowest BCUT2D eigenvalue weighted by Crippen LogP contribution is -2.32. The summed E-state index contributed by atoms with van der Waals surface area (Å²) in [7, 11) is 0. The lowest BCUT2D eigenvalue weighted by molar-refractivity contribution is 0.307. The Hall–Kier alpha value is -1.63. The fourth-order valence-corrected chi connectivity index (χ4v) is 2.73. The van der Waals surface area contributed by atoms with Gasteiger partial charge in [-0.15, -0.1) is 0 Å². The van der Waals surface area contributed by atoms with E-state index < -0.39 is 0 Å². The van der Waals surface area contributed by atoms with Crippen molar-refractivity contribution in [2.45, 2.75) is 52.0 Å². The van der Waals surface area contributed by atoms with Gasteiger partial charge in [0.15, 0.2) is 0 Å². The molecule has 2 atom stereocenters. The van der Waals surface area contributed by atoms with Crippen LogP contribution in [0.1, 0.15) is 46.0 Å². The first kappa shape index (κ1) is 14.8. The third-order valence-electron chi connectivity index (χ3n) is 3.77. The highest BCUT2D eigenvalue weighted by Gasteiger charge is 2.24. The molecule has 4 N–H and O–H groups in total. The molecule has 1 fully saturated rings. The summed E-state index contributed by atoms with van der Waals surface area (Å²) in [5.74, 6) is 6.90. The zero-order valence-corrected chi connectivity index (χ0v) is 12.2. The Bertz CT molecular complexity index is 427. The van der Waals surface area contributed by atoms with Crippen molar-refractivity contribution in [3.63, 3.8) is 0 Å². The Morgan fingerprint density at radius 3 is 2.60 bits per heavy atom. The largest absolute Gasteiger partial charge is 0.464 e. The molecule has 0 aromatic carbocycles. The lowest BCUT2D eigenvalue weighted by atomic mass is 9.83. The summed E-state index contributed by atoms with van der Waals surface area (Å²) in [6.45, 7) is 4.63. The maximum absolute atomic E-state index is 5.38. The van der Waals surface area contributed by atoms with Gasteiger partial charge in [0, 0.05) is 6.04 Å². The van der Waals surface area contributed by atoms with Crippen molar-refractivity contribution in [2.75, 3.05) is 17.3 Å². The molecule has 1 aliphatic carbocycles. The maximum atomic E-state index is 5.38. The number of nitrogens with zero attached hydrogens (tertiary/aromatic N) is 3. The Morgan fingerprint density at radius 1 is 1.15 bits per heavy atom. The molecular formula is C13H24N6O. The number of hydrogen-bond acceptors (Lipinski definition) is 7. The lowest BCUT2D eigenvalue weighted by Gasteiger charge is -2.31. The molecule has 1 aliphatic rings. The minimum Gasteiger partial charge on any atom is -0.464 e. The van der Waals surface area contributed by atoms with E-state index in [1.165, 1.54) is 25.7 Å². The van der Waals surface area contributed by atoms with Gasteiger partial charge in [-0.2, -0.15) is 15.0 Å². The summed E-state index contributed by atoms with van der Waals surface area (Å²) in [6.07, 6.45) is 6.15. The van der Waals surface area contributed by atoms with E-state index in [4.69, 9.17) is 10.6 Å². The van der Waals surface area contributed by atoms with Crippen molar-refractivity contribution in [3.8, 4) is 6.01 Å². The van der Waals surface area contributed by atoms with Crippen LogP contribution < -0.4 is 21.3 Å². The third-order valence-corrected chi connectivity index (χ3v) is 3.77. The SMILES string of the molecule is CCOc1nc(NN)nc(NC2CCCCC2CC)n1. The van der Waals surface area contributed by atoms with E-state index in [2.05, 4.69) is 32.6 Å². The Balaban J connectivity index is 2.12. The third kappa shape index (κ3) is 3.69. The van der Waals surface area contributed by atoms with Crippen LogP contribution in [0.15, 0.2) is 0 Å². The van der Waals surface area contributed by atoms with E-state index in [-0.39, 0.29) is 0 Å². The van der Waals surface area contributed by atoms with Crippen molar-refractivity contribution < 1.29 is 4.74 Å². The smallest absolute Gasteiger partial charge is 0.323 e. The van der Waals surface area contributed by atoms with Gasteiger partial charge in [-0.05, 0) is 25.7 Å². The summed E-state index contributed by atoms with van der Waals surface area (Å²) >= 11 is 0. The van der Waals surface area contributed by atoms with Crippen LogP contribution >= 0.6 is 0 Å². The van der Waals surface area contributed by atoms with E-state index in [0.29, 0.717) is 36.5 Å². The first-order valence-corrected chi connectivity index (χ1v) is 7.38. The van der Waals surface area contributed by atoms with Crippen LogP contribution in [0.4, 0.5) is 11.9 Å². The zero-order valence-electron chi connectivity index (χ0n) is 12.2. The van der Waals surface area contributed by atoms with Crippen LogP contribution in [0.5, 0.6) is 6.01 Å². The average molecular weight is 280 g/mol. The zero-order chi connectivity index (χ0) is 14.4. The van der Waals surface area contributed by atoms with Crippen molar-refractivity contribution in [1.29, 1.82) is 0 Å². The summed E-state index contributed by atoms with van der Waals surface area (Å²) in [5.41, 5.74) is 2.45. The first-order chi connectivity index (χ1) is 9.76. The van der Waals surface area contributed by atoms with Gasteiger partial charge in [-0.3, -0.25) is 5.43 Å². The average Bonchev–Trinajstić information content (AvgIpc) is 2.48. The van der Waals surface area contributed by atoms with E-state index in [1.807, 2.05) is 6.92 Å². The van der Waals surface area contributed by atoms with Gasteiger partial charge in [-0.1, -0.05) is 26.2 Å². The van der Waals surface area contributed by atoms with E-state index in [9.17, 15) is 0 Å². The normalized spacial score (nSPS) is 22.4. The second-order valence-electron chi connectivity index (χ2n) is 5.05. The molecule has 1 heterocycles. The molecule has 7 heteroatoms. The molecule has 1 aromatic heterocycles. The molecule has 0 bridgehead atoms. The van der Waals surface area contributed by atoms with Gasteiger partial charge in [-0.25, -0.2) is 5.84 Å². The standard InChI is InChI=1S/C13H24N6O/c1-3-9-7-5-6-8-10(9)15-11-16-12(19-14)18-13(17-11)20-4-2/h9-10H,3-8,14H2,1-2H3,(H2,15,16,17,18,19). The summed E-state index contributed by atoms with van der Waals surface area (Å²) in [5, 5.41) is 3.42. The number of ether oxygens (including phenoxy) is 1. The van der Waals surface area contributed by atoms with Crippen molar-refractivity contribution in [2.24, 2.45) is 11.8 Å². The number of hydrazine groups is 1. The van der Waals surface area contributed by atoms with Gasteiger partial charge < -0.3 is 10.1 Å². The molecule has 112 valence electrons. The van der Waals surface area contributed by atoms with Crippen molar-refractivity contribution in [3.05, 3.63) is 0 Å². The monoisotopic (exact) mass is 280 g/mol. The molecule has 20 heavy (non-hydrogen) atoms. The fraction of sp³-hybridized carbons (Fsp3) is 0.769. The number of anilines is 2. The van der Waals surface area contributed by atoms with Crippen LogP contribution in [-0.2, 0) is 0 Å². The molecule has 2 unspecified atom stereocenters. The molecule has 0 amide bonds. The second-order valence-corrected chi connectivity index (χ2v) is 5.05. The van der Waals surface area contributed by atoms with Gasteiger partial charge in [0.1, 0.15) is 0 Å². The highest BCUT2D eigenvalue weighted by molar-refractivity contribution is 5.36. The predicted octanol–water partition coefficient (Wildman–Crippen LogP) is 1.94. The molecular weight excluding hydrogens is 256 g/mol. The topological polar surface area (TPSA) is 98.0 Å². The summed E-state index contributed by atoms with van der Waals surface area (Å²) in [4.78, 5) is 12.6. The number of nitrogens with one attached hydrogen (secondary N) is 2. The molecule has 0 saturated heterocycles. The molecule has 1 aromatic rings. The van der Waals surface area contributed by atoms with Crippen LogP contribution in [0.3, 0.4) is 0 Å². The van der Waals surface area contributed by atoms with Crippen molar-refractivity contribution in [1.82, 2.24) is 15.0 Å². The molecule has 0 spiro atoms. The van der Waals surface area contributed by atoms with Gasteiger partial charge >= 0.3 is 6.01 Å². The Kier molecular flexibility index (Phi) is 5.34. The number of hydrogen-bond donors (Lipinski definition) is 3. The van der Waals surface area contributed by atoms with Crippen molar-refractivity contribution >= 4 is 11.9 Å². The minimum absolute atomic E-state index is 0.293. The Morgan fingerprint density at radius 2 is 1.90 bits per heavy atom. The highest BCUT2D eigenvalue weighted by Crippen LogP contribution is 2.29. The maximum Gasteiger partial charge on any atom is 0.323 e. The van der Waals surface area contributed by atoms with E-state index in [1.54, 1.807) is 0 Å². The molecule has 0 aliphatic heterocycles. The number of rotatable bonds is 6. The number of aromatic nitrogens is 3. The van der Waals surface area contributed by atoms with Crippen LogP contribution in [0.25, 0.3) is 0 Å². The predicted molar refractivity (Wildman–Crippen MR) is 78.5 cm³/mol. The van der Waals surface area contributed by atoms with E-state index >= 15 is 0 Å². The quantitative estimate of drug-likeness (QED) is 0.541. The van der Waals surface area contributed by atoms with Gasteiger partial charge in [0.25, 0.3) is 0 Å². The van der Waals surface area contributed by atoms with Crippen LogP contribution in [0, 0.1) is 5.92 Å². The fourth-order valence-electron chi connectivity index (χ4n) is 2.73. The van der Waals surface area contributed by atoms with Crippen LogP contribution in [-0.4, -0.2) is 27.6 Å². The second kappa shape index (κ2) is 7.23. The number of nitrogens with two attached hydrogens (primary N) is 1. The highest BCUT2D eigenvalue weighted by atomic mass is 16.5. The minimum atomic E-state index is 0.293. The van der Waals surface area contributed by atoms with E-state index in [0.717, 1.165) is 6.42 Å². The summed E-state index contributed by atoms with van der Waals surface area (Å²) in [6, 6.07) is 0.707. The molecule has 2 rings (SSSR count). The Labute approximate surface area is 119 Å². The first-order valence-electron chi connectivity index (χ1n) is 7.38. The number of nitrogen functional groups attached to an aromatic ring is 1. The van der Waals surface area contributed by atoms with Gasteiger partial charge in [0.05, 0.1) is 6.61 Å².